The second-order valence-electron chi connectivity index (χ2n) is 4.89. The highest BCUT2D eigenvalue weighted by Gasteiger charge is 2.36. The fourth-order valence-electron chi connectivity index (χ4n) is 2.54. The molecule has 0 radical (unpaired) electrons. The van der Waals surface area contributed by atoms with E-state index < -0.39 is 0 Å². The van der Waals surface area contributed by atoms with Crippen molar-refractivity contribution in [1.82, 2.24) is 4.90 Å². The van der Waals surface area contributed by atoms with Gasteiger partial charge in [0.05, 0.1) is 25.0 Å². The number of morpholine rings is 1. The molecular formula is C13H22N2O2. The molecular weight excluding hydrogens is 216 g/mol. The van der Waals surface area contributed by atoms with E-state index in [-0.39, 0.29) is 12.1 Å². The molecule has 96 valence electrons. The van der Waals surface area contributed by atoms with E-state index in [1.807, 2.05) is 6.07 Å². The minimum atomic E-state index is 0.0241. The Morgan fingerprint density at radius 1 is 1.53 bits per heavy atom. The van der Waals surface area contributed by atoms with Gasteiger partial charge in [-0.05, 0) is 32.4 Å². The van der Waals surface area contributed by atoms with Gasteiger partial charge in [-0.25, -0.2) is 0 Å². The first-order valence-corrected chi connectivity index (χ1v) is 6.26. The zero-order chi connectivity index (χ0) is 12.4. The molecule has 1 aliphatic heterocycles. The maximum atomic E-state index is 5.82. The summed E-state index contributed by atoms with van der Waals surface area (Å²) in [5, 5.41) is 0. The van der Waals surface area contributed by atoms with Crippen molar-refractivity contribution in [1.29, 1.82) is 0 Å². The van der Waals surface area contributed by atoms with E-state index in [0.29, 0.717) is 12.6 Å². The van der Waals surface area contributed by atoms with E-state index in [4.69, 9.17) is 14.9 Å². The number of rotatable bonds is 3. The second kappa shape index (κ2) is 5.21. The molecule has 2 heterocycles. The number of nitrogens with zero attached hydrogens (tertiary/aromatic N) is 1. The summed E-state index contributed by atoms with van der Waals surface area (Å²) in [6, 6.07) is 2.60. The van der Waals surface area contributed by atoms with Crippen LogP contribution in [0.2, 0.25) is 0 Å². The molecule has 0 amide bonds. The van der Waals surface area contributed by atoms with E-state index in [9.17, 15) is 0 Å². The van der Waals surface area contributed by atoms with Gasteiger partial charge < -0.3 is 14.9 Å². The maximum Gasteiger partial charge on any atom is 0.126 e. The van der Waals surface area contributed by atoms with Crippen LogP contribution in [-0.4, -0.2) is 36.7 Å². The van der Waals surface area contributed by atoms with Gasteiger partial charge in [0.1, 0.15) is 5.76 Å². The molecule has 0 aliphatic carbocycles. The Balaban J connectivity index is 2.32. The topological polar surface area (TPSA) is 51.6 Å². The Bertz CT molecular complexity index is 362. The molecule has 1 fully saturated rings. The molecule has 4 nitrogen and oxygen atoms in total. The molecule has 1 saturated heterocycles. The summed E-state index contributed by atoms with van der Waals surface area (Å²) in [5.74, 6) is 0.994. The summed E-state index contributed by atoms with van der Waals surface area (Å²) >= 11 is 0. The lowest BCUT2D eigenvalue weighted by molar-refractivity contribution is -0.0853. The van der Waals surface area contributed by atoms with Crippen LogP contribution in [0, 0.1) is 6.92 Å². The fraction of sp³-hybridized carbons (Fsp3) is 0.692. The quantitative estimate of drug-likeness (QED) is 0.870. The minimum Gasteiger partial charge on any atom is -0.467 e. The van der Waals surface area contributed by atoms with E-state index in [1.165, 1.54) is 5.56 Å². The molecule has 4 heteroatoms. The Kier molecular flexibility index (Phi) is 3.86. The van der Waals surface area contributed by atoms with Gasteiger partial charge in [-0.15, -0.1) is 0 Å². The molecule has 1 aromatic rings. The summed E-state index contributed by atoms with van der Waals surface area (Å²) in [6.07, 6.45) is 1.77. The van der Waals surface area contributed by atoms with Crippen LogP contribution in [0.25, 0.3) is 0 Å². The minimum absolute atomic E-state index is 0.0241. The average molecular weight is 238 g/mol. The molecule has 0 aromatic carbocycles. The van der Waals surface area contributed by atoms with Crippen molar-refractivity contribution in [2.45, 2.75) is 39.0 Å². The molecule has 0 bridgehead atoms. The van der Waals surface area contributed by atoms with Gasteiger partial charge in [0.15, 0.2) is 0 Å². The number of hydrogen-bond donors (Lipinski definition) is 1. The van der Waals surface area contributed by atoms with Gasteiger partial charge >= 0.3 is 0 Å². The van der Waals surface area contributed by atoms with Crippen LogP contribution in [0.3, 0.4) is 0 Å². The predicted octanol–water partition coefficient (Wildman–Crippen LogP) is 1.70. The van der Waals surface area contributed by atoms with Crippen molar-refractivity contribution in [3.05, 3.63) is 23.7 Å². The van der Waals surface area contributed by atoms with Crippen molar-refractivity contribution in [2.75, 3.05) is 19.7 Å². The van der Waals surface area contributed by atoms with Crippen molar-refractivity contribution >= 4 is 0 Å². The Hall–Kier alpha value is -0.840. The first-order valence-electron chi connectivity index (χ1n) is 6.26. The summed E-state index contributed by atoms with van der Waals surface area (Å²) in [4.78, 5) is 2.41. The van der Waals surface area contributed by atoms with E-state index >= 15 is 0 Å². The first kappa shape index (κ1) is 12.6. The molecule has 2 unspecified atom stereocenters. The van der Waals surface area contributed by atoms with Gasteiger partial charge in [0, 0.05) is 19.1 Å². The van der Waals surface area contributed by atoms with Gasteiger partial charge in [-0.3, -0.25) is 4.90 Å². The van der Waals surface area contributed by atoms with Crippen LogP contribution in [0.5, 0.6) is 0 Å². The van der Waals surface area contributed by atoms with Crippen LogP contribution in [0.15, 0.2) is 16.7 Å². The summed E-state index contributed by atoms with van der Waals surface area (Å²) in [6.45, 7) is 8.66. The number of aryl methyl sites for hydroxylation is 1. The Labute approximate surface area is 103 Å². The second-order valence-corrected chi connectivity index (χ2v) is 4.89. The molecule has 2 N–H and O–H groups in total. The molecule has 2 atom stereocenters. The normalized spacial score (nSPS) is 26.6. The highest BCUT2D eigenvalue weighted by molar-refractivity contribution is 5.20. The van der Waals surface area contributed by atoms with Crippen molar-refractivity contribution in [2.24, 2.45) is 5.73 Å². The fourth-order valence-corrected chi connectivity index (χ4v) is 2.54. The van der Waals surface area contributed by atoms with E-state index in [2.05, 4.69) is 25.7 Å². The number of hydrogen-bond acceptors (Lipinski definition) is 4. The number of ether oxygens (including phenoxy) is 1. The lowest BCUT2D eigenvalue weighted by Crippen LogP contribution is -2.50. The average Bonchev–Trinajstić information content (AvgIpc) is 2.74. The lowest BCUT2D eigenvalue weighted by Gasteiger charge is -2.42. The van der Waals surface area contributed by atoms with Gasteiger partial charge in [-0.1, -0.05) is 0 Å². The summed E-state index contributed by atoms with van der Waals surface area (Å²) in [5.41, 5.74) is 6.99. The maximum absolute atomic E-state index is 5.82. The summed E-state index contributed by atoms with van der Waals surface area (Å²) < 4.78 is 11.4. The molecule has 17 heavy (non-hydrogen) atoms. The third kappa shape index (κ3) is 2.39. The van der Waals surface area contributed by atoms with E-state index in [0.717, 1.165) is 18.9 Å². The SMILES string of the molecule is Cc1ccoc1C1C(CN)OCCN1C(C)C. The highest BCUT2D eigenvalue weighted by Crippen LogP contribution is 2.33. The third-order valence-corrected chi connectivity index (χ3v) is 3.46. The number of furan rings is 1. The highest BCUT2D eigenvalue weighted by atomic mass is 16.5. The zero-order valence-electron chi connectivity index (χ0n) is 10.8. The van der Waals surface area contributed by atoms with Crippen LogP contribution >= 0.6 is 0 Å². The standard InChI is InChI=1S/C13H22N2O2/c1-9(2)15-5-7-16-11(8-14)12(15)13-10(3)4-6-17-13/h4,6,9,11-12H,5,7-8,14H2,1-3H3. The largest absolute Gasteiger partial charge is 0.467 e. The predicted molar refractivity (Wildman–Crippen MR) is 66.8 cm³/mol. The first-order chi connectivity index (χ1) is 8.15. The van der Waals surface area contributed by atoms with Crippen molar-refractivity contribution in [3.63, 3.8) is 0 Å². The van der Waals surface area contributed by atoms with Crippen LogP contribution in [0.4, 0.5) is 0 Å². The van der Waals surface area contributed by atoms with Gasteiger partial charge in [-0.2, -0.15) is 0 Å². The van der Waals surface area contributed by atoms with E-state index in [1.54, 1.807) is 6.26 Å². The summed E-state index contributed by atoms with van der Waals surface area (Å²) in [7, 11) is 0. The van der Waals surface area contributed by atoms with Crippen molar-refractivity contribution in [3.8, 4) is 0 Å². The molecule has 1 aromatic heterocycles. The number of nitrogens with two attached hydrogens (primary N) is 1. The third-order valence-electron chi connectivity index (χ3n) is 3.46. The molecule has 1 aliphatic rings. The monoisotopic (exact) mass is 238 g/mol. The lowest BCUT2D eigenvalue weighted by atomic mass is 10.00. The zero-order valence-corrected chi connectivity index (χ0v) is 10.8. The molecule has 0 spiro atoms. The smallest absolute Gasteiger partial charge is 0.126 e. The van der Waals surface area contributed by atoms with Gasteiger partial charge in [0.2, 0.25) is 0 Å². The molecule has 0 saturated carbocycles. The van der Waals surface area contributed by atoms with Crippen LogP contribution in [0.1, 0.15) is 31.2 Å². The van der Waals surface area contributed by atoms with Crippen LogP contribution in [-0.2, 0) is 4.74 Å². The van der Waals surface area contributed by atoms with Crippen LogP contribution < -0.4 is 5.73 Å². The Morgan fingerprint density at radius 2 is 2.29 bits per heavy atom. The molecule has 2 rings (SSSR count). The Morgan fingerprint density at radius 3 is 2.82 bits per heavy atom. The van der Waals surface area contributed by atoms with Gasteiger partial charge in [0.25, 0.3) is 0 Å². The van der Waals surface area contributed by atoms with Crippen molar-refractivity contribution < 1.29 is 9.15 Å².